The van der Waals surface area contributed by atoms with E-state index < -0.39 is 0 Å². The number of amides is 2. The molecule has 108 valence electrons. The van der Waals surface area contributed by atoms with Crippen molar-refractivity contribution < 1.29 is 9.59 Å². The van der Waals surface area contributed by atoms with Crippen LogP contribution in [0.1, 0.15) is 16.1 Å². The number of likely N-dealkylation sites (N-methyl/N-ethyl adjacent to an activating group) is 1. The van der Waals surface area contributed by atoms with E-state index in [9.17, 15) is 9.59 Å². The number of hydrogen-bond donors (Lipinski definition) is 1. The fourth-order valence-electron chi connectivity index (χ4n) is 2.20. The molecule has 0 atom stereocenters. The molecule has 1 aromatic rings. The minimum Gasteiger partial charge on any atom is -0.339 e. The lowest BCUT2D eigenvalue weighted by atomic mass is 10.2. The van der Waals surface area contributed by atoms with Crippen molar-refractivity contribution in [3.63, 3.8) is 0 Å². The van der Waals surface area contributed by atoms with Gasteiger partial charge in [-0.15, -0.1) is 0 Å². The second kappa shape index (κ2) is 6.47. The molecule has 0 aliphatic carbocycles. The average molecular weight is 276 g/mol. The molecule has 0 saturated carbocycles. The highest BCUT2D eigenvalue weighted by Gasteiger charge is 2.21. The molecule has 1 aliphatic heterocycles. The Bertz CT molecular complexity index is 498. The number of nitrogens with one attached hydrogen (secondary N) is 1. The van der Waals surface area contributed by atoms with E-state index in [1.165, 1.54) is 4.90 Å². The molecule has 0 unspecified atom stereocenters. The second-order valence-electron chi connectivity index (χ2n) is 4.93. The molecule has 6 nitrogen and oxygen atoms in total. The zero-order valence-electron chi connectivity index (χ0n) is 11.9. The normalized spacial score (nSPS) is 15.0. The van der Waals surface area contributed by atoms with E-state index >= 15 is 0 Å². The Morgan fingerprint density at radius 2 is 2.10 bits per heavy atom. The molecule has 1 saturated heterocycles. The maximum atomic E-state index is 12.3. The van der Waals surface area contributed by atoms with Crippen molar-refractivity contribution in [1.82, 2.24) is 20.1 Å². The molecule has 0 radical (unpaired) electrons. The summed E-state index contributed by atoms with van der Waals surface area (Å²) < 4.78 is 0. The quantitative estimate of drug-likeness (QED) is 0.837. The summed E-state index contributed by atoms with van der Waals surface area (Å²) in [5, 5.41) is 3.20. The predicted octanol–water partition coefficient (Wildman–Crippen LogP) is -0.106. The van der Waals surface area contributed by atoms with Gasteiger partial charge < -0.3 is 15.1 Å². The molecule has 2 amide bonds. The van der Waals surface area contributed by atoms with Gasteiger partial charge in [-0.25, -0.2) is 0 Å². The van der Waals surface area contributed by atoms with Crippen LogP contribution in [-0.2, 0) is 4.79 Å². The van der Waals surface area contributed by atoms with Gasteiger partial charge in [-0.1, -0.05) is 0 Å². The largest absolute Gasteiger partial charge is 0.339 e. The van der Waals surface area contributed by atoms with Crippen LogP contribution in [0.2, 0.25) is 0 Å². The van der Waals surface area contributed by atoms with Crippen LogP contribution in [0.5, 0.6) is 0 Å². The van der Waals surface area contributed by atoms with Crippen molar-refractivity contribution >= 4 is 11.8 Å². The summed E-state index contributed by atoms with van der Waals surface area (Å²) in [5.74, 6) is -0.178. The number of nitrogens with zero attached hydrogens (tertiary/aromatic N) is 3. The van der Waals surface area contributed by atoms with Crippen molar-refractivity contribution in [1.29, 1.82) is 0 Å². The monoisotopic (exact) mass is 276 g/mol. The van der Waals surface area contributed by atoms with Crippen LogP contribution in [0.15, 0.2) is 18.3 Å². The van der Waals surface area contributed by atoms with E-state index in [2.05, 4.69) is 10.3 Å². The van der Waals surface area contributed by atoms with Crippen LogP contribution in [0.4, 0.5) is 0 Å². The number of carbonyl (C=O) groups excluding carboxylic acids is 2. The Kier molecular flexibility index (Phi) is 4.68. The number of aryl methyl sites for hydroxylation is 1. The fourth-order valence-corrected chi connectivity index (χ4v) is 2.20. The van der Waals surface area contributed by atoms with Crippen molar-refractivity contribution in [3.8, 4) is 0 Å². The van der Waals surface area contributed by atoms with Gasteiger partial charge in [0.05, 0.1) is 12.1 Å². The predicted molar refractivity (Wildman–Crippen MR) is 75.4 cm³/mol. The first-order valence-corrected chi connectivity index (χ1v) is 6.75. The Hall–Kier alpha value is -1.95. The van der Waals surface area contributed by atoms with Crippen LogP contribution in [0.25, 0.3) is 0 Å². The number of carbonyl (C=O) groups is 2. The minimum atomic E-state index is -0.168. The molecule has 1 fully saturated rings. The van der Waals surface area contributed by atoms with Gasteiger partial charge in [-0.05, 0) is 19.1 Å². The van der Waals surface area contributed by atoms with E-state index in [-0.39, 0.29) is 18.4 Å². The number of rotatable bonds is 3. The SMILES string of the molecule is Cc1ncccc1C(=O)N(C)CC(=O)N1CCNCC1. The number of hydrogen-bond acceptors (Lipinski definition) is 4. The zero-order valence-corrected chi connectivity index (χ0v) is 11.9. The van der Waals surface area contributed by atoms with Crippen LogP contribution in [0, 0.1) is 6.92 Å². The second-order valence-corrected chi connectivity index (χ2v) is 4.93. The van der Waals surface area contributed by atoms with Gasteiger partial charge in [0.2, 0.25) is 5.91 Å². The zero-order chi connectivity index (χ0) is 14.5. The molecule has 0 spiro atoms. The lowest BCUT2D eigenvalue weighted by Crippen LogP contribution is -2.49. The Morgan fingerprint density at radius 1 is 1.40 bits per heavy atom. The van der Waals surface area contributed by atoms with Crippen LogP contribution >= 0.6 is 0 Å². The molecule has 6 heteroatoms. The maximum absolute atomic E-state index is 12.3. The van der Waals surface area contributed by atoms with Crippen molar-refractivity contribution in [3.05, 3.63) is 29.6 Å². The number of piperazine rings is 1. The highest BCUT2D eigenvalue weighted by molar-refractivity contribution is 5.97. The van der Waals surface area contributed by atoms with Gasteiger partial charge >= 0.3 is 0 Å². The maximum Gasteiger partial charge on any atom is 0.255 e. The average Bonchev–Trinajstić information content (AvgIpc) is 2.48. The van der Waals surface area contributed by atoms with Crippen LogP contribution in [0.3, 0.4) is 0 Å². The third-order valence-corrected chi connectivity index (χ3v) is 3.43. The van der Waals surface area contributed by atoms with Gasteiger partial charge in [0, 0.05) is 45.1 Å². The van der Waals surface area contributed by atoms with Gasteiger partial charge in [-0.3, -0.25) is 14.6 Å². The fraction of sp³-hybridized carbons (Fsp3) is 0.500. The van der Waals surface area contributed by atoms with Crippen molar-refractivity contribution in [2.24, 2.45) is 0 Å². The summed E-state index contributed by atoms with van der Waals surface area (Å²) in [7, 11) is 1.65. The highest BCUT2D eigenvalue weighted by atomic mass is 16.2. The molecule has 20 heavy (non-hydrogen) atoms. The summed E-state index contributed by atoms with van der Waals surface area (Å²) in [4.78, 5) is 31.7. The van der Waals surface area contributed by atoms with Crippen LogP contribution < -0.4 is 5.32 Å². The lowest BCUT2D eigenvalue weighted by molar-refractivity contribution is -0.132. The summed E-state index contributed by atoms with van der Waals surface area (Å²) in [5.41, 5.74) is 1.22. The summed E-state index contributed by atoms with van der Waals surface area (Å²) >= 11 is 0. The summed E-state index contributed by atoms with van der Waals surface area (Å²) in [6.07, 6.45) is 1.65. The van der Waals surface area contributed by atoms with Gasteiger partial charge in [0.1, 0.15) is 0 Å². The highest BCUT2D eigenvalue weighted by Crippen LogP contribution is 2.07. The van der Waals surface area contributed by atoms with Gasteiger partial charge in [0.15, 0.2) is 0 Å². The lowest BCUT2D eigenvalue weighted by Gasteiger charge is -2.29. The first-order valence-electron chi connectivity index (χ1n) is 6.75. The Balaban J connectivity index is 1.97. The molecule has 0 aromatic carbocycles. The van der Waals surface area contributed by atoms with E-state index in [1.54, 1.807) is 37.2 Å². The molecular weight excluding hydrogens is 256 g/mol. The summed E-state index contributed by atoms with van der Waals surface area (Å²) in [6, 6.07) is 3.46. The molecule has 1 aromatic heterocycles. The van der Waals surface area contributed by atoms with Gasteiger partial charge in [0.25, 0.3) is 5.91 Å². The third kappa shape index (κ3) is 3.33. The van der Waals surface area contributed by atoms with E-state index in [0.717, 1.165) is 13.1 Å². The van der Waals surface area contributed by atoms with E-state index in [1.807, 2.05) is 0 Å². The Morgan fingerprint density at radius 3 is 2.75 bits per heavy atom. The molecule has 2 heterocycles. The Labute approximate surface area is 118 Å². The molecular formula is C14H20N4O2. The molecule has 1 N–H and O–H groups in total. The van der Waals surface area contributed by atoms with Crippen molar-refractivity contribution in [2.75, 3.05) is 39.8 Å². The van der Waals surface area contributed by atoms with E-state index in [4.69, 9.17) is 0 Å². The molecule has 0 bridgehead atoms. The van der Waals surface area contributed by atoms with Gasteiger partial charge in [-0.2, -0.15) is 0 Å². The standard InChI is InChI=1S/C14H20N4O2/c1-11-12(4-3-5-16-11)14(20)17(2)10-13(19)18-8-6-15-7-9-18/h3-5,15H,6-10H2,1-2H3. The topological polar surface area (TPSA) is 65.5 Å². The third-order valence-electron chi connectivity index (χ3n) is 3.43. The molecule has 2 rings (SSSR count). The number of pyridine rings is 1. The smallest absolute Gasteiger partial charge is 0.255 e. The van der Waals surface area contributed by atoms with E-state index in [0.29, 0.717) is 24.3 Å². The molecule has 1 aliphatic rings. The minimum absolute atomic E-state index is 0.0103. The number of aromatic nitrogens is 1. The van der Waals surface area contributed by atoms with Crippen LogP contribution in [-0.4, -0.2) is 66.4 Å². The first-order chi connectivity index (χ1) is 9.59. The first kappa shape index (κ1) is 14.5. The summed E-state index contributed by atoms with van der Waals surface area (Å²) in [6.45, 7) is 4.92. The van der Waals surface area contributed by atoms with Crippen molar-refractivity contribution in [2.45, 2.75) is 6.92 Å².